The lowest BCUT2D eigenvalue weighted by Gasteiger charge is -2.17. The van der Waals surface area contributed by atoms with Crippen molar-refractivity contribution in [3.63, 3.8) is 0 Å². The van der Waals surface area contributed by atoms with Crippen LogP contribution in [0.3, 0.4) is 0 Å². The Kier molecular flexibility index (Phi) is 3.55. The summed E-state index contributed by atoms with van der Waals surface area (Å²) in [5.41, 5.74) is 8.60. The molecule has 1 aromatic heterocycles. The average Bonchev–Trinajstić information content (AvgIpc) is 2.74. The quantitative estimate of drug-likeness (QED) is 0.857. The van der Waals surface area contributed by atoms with Crippen molar-refractivity contribution in [1.29, 1.82) is 0 Å². The largest absolute Gasteiger partial charge is 0.399 e. The number of aromatic nitrogens is 1. The van der Waals surface area contributed by atoms with E-state index in [1.807, 2.05) is 19.9 Å². The van der Waals surface area contributed by atoms with Gasteiger partial charge in [0, 0.05) is 24.4 Å². The van der Waals surface area contributed by atoms with E-state index in [1.54, 1.807) is 30.1 Å². The maximum absolute atomic E-state index is 12.3. The van der Waals surface area contributed by atoms with Gasteiger partial charge in [-0.05, 0) is 37.6 Å². The zero-order valence-corrected chi connectivity index (χ0v) is 11.3. The van der Waals surface area contributed by atoms with E-state index in [9.17, 15) is 4.79 Å². The van der Waals surface area contributed by atoms with Crippen LogP contribution in [0.5, 0.6) is 0 Å². The van der Waals surface area contributed by atoms with Crippen molar-refractivity contribution in [2.24, 2.45) is 0 Å². The van der Waals surface area contributed by atoms with Crippen molar-refractivity contribution < 1.29 is 9.32 Å². The second kappa shape index (κ2) is 5.14. The van der Waals surface area contributed by atoms with Gasteiger partial charge in [0.1, 0.15) is 11.5 Å². The highest BCUT2D eigenvalue weighted by atomic mass is 16.5. The van der Waals surface area contributed by atoms with Crippen molar-refractivity contribution in [1.82, 2.24) is 10.1 Å². The number of carbonyl (C=O) groups is 1. The standard InChI is InChI=1S/C14H17N3O2/c1-9-6-11(15)4-5-13(9)14(18)17(3)8-12-7-10(2)19-16-12/h4-7H,8,15H2,1-3H3. The molecule has 19 heavy (non-hydrogen) atoms. The molecule has 0 atom stereocenters. The lowest BCUT2D eigenvalue weighted by molar-refractivity contribution is 0.0781. The number of nitrogens with zero attached hydrogens (tertiary/aromatic N) is 2. The molecule has 1 heterocycles. The summed E-state index contributed by atoms with van der Waals surface area (Å²) in [6.45, 7) is 4.11. The Morgan fingerprint density at radius 3 is 2.68 bits per heavy atom. The Bertz CT molecular complexity index is 604. The highest BCUT2D eigenvalue weighted by Crippen LogP contribution is 2.15. The minimum absolute atomic E-state index is 0.0573. The van der Waals surface area contributed by atoms with Crippen LogP contribution in [0.4, 0.5) is 5.69 Å². The maximum Gasteiger partial charge on any atom is 0.254 e. The molecule has 0 spiro atoms. The molecule has 0 aliphatic heterocycles. The van der Waals surface area contributed by atoms with Gasteiger partial charge in [0.25, 0.3) is 5.91 Å². The minimum Gasteiger partial charge on any atom is -0.399 e. The smallest absolute Gasteiger partial charge is 0.254 e. The van der Waals surface area contributed by atoms with Gasteiger partial charge < -0.3 is 15.2 Å². The molecule has 2 N–H and O–H groups in total. The van der Waals surface area contributed by atoms with Gasteiger partial charge in [0.2, 0.25) is 0 Å². The van der Waals surface area contributed by atoms with E-state index in [0.29, 0.717) is 17.8 Å². The van der Waals surface area contributed by atoms with E-state index >= 15 is 0 Å². The van der Waals surface area contributed by atoms with Crippen LogP contribution >= 0.6 is 0 Å². The number of nitrogen functional groups attached to an aromatic ring is 1. The van der Waals surface area contributed by atoms with Crippen LogP contribution in [-0.4, -0.2) is 23.0 Å². The van der Waals surface area contributed by atoms with Crippen molar-refractivity contribution in [2.75, 3.05) is 12.8 Å². The topological polar surface area (TPSA) is 72.4 Å². The van der Waals surface area contributed by atoms with Gasteiger partial charge >= 0.3 is 0 Å². The minimum atomic E-state index is -0.0573. The molecule has 0 aliphatic rings. The lowest BCUT2D eigenvalue weighted by atomic mass is 10.1. The average molecular weight is 259 g/mol. The van der Waals surface area contributed by atoms with Crippen LogP contribution in [0.1, 0.15) is 27.4 Å². The highest BCUT2D eigenvalue weighted by Gasteiger charge is 2.15. The number of amides is 1. The molecule has 100 valence electrons. The van der Waals surface area contributed by atoms with Gasteiger partial charge in [-0.1, -0.05) is 5.16 Å². The van der Waals surface area contributed by atoms with Gasteiger partial charge in [-0.3, -0.25) is 4.79 Å². The summed E-state index contributed by atoms with van der Waals surface area (Å²) in [7, 11) is 1.74. The summed E-state index contributed by atoms with van der Waals surface area (Å²) in [6, 6.07) is 7.09. The molecular formula is C14H17N3O2. The third-order valence-corrected chi connectivity index (χ3v) is 2.90. The summed E-state index contributed by atoms with van der Waals surface area (Å²) in [5.74, 6) is 0.678. The van der Waals surface area contributed by atoms with Crippen molar-refractivity contribution in [2.45, 2.75) is 20.4 Å². The molecule has 0 aliphatic carbocycles. The van der Waals surface area contributed by atoms with Gasteiger partial charge in [-0.15, -0.1) is 0 Å². The van der Waals surface area contributed by atoms with Crippen molar-refractivity contribution >= 4 is 11.6 Å². The monoisotopic (exact) mass is 259 g/mol. The third kappa shape index (κ3) is 2.93. The Labute approximate surface area is 112 Å². The molecule has 2 rings (SSSR count). The maximum atomic E-state index is 12.3. The fourth-order valence-corrected chi connectivity index (χ4v) is 1.94. The number of hydrogen-bond acceptors (Lipinski definition) is 4. The van der Waals surface area contributed by atoms with Gasteiger partial charge in [0.15, 0.2) is 0 Å². The second-order valence-electron chi connectivity index (χ2n) is 4.66. The summed E-state index contributed by atoms with van der Waals surface area (Å²) in [6.07, 6.45) is 0. The summed E-state index contributed by atoms with van der Waals surface area (Å²) in [4.78, 5) is 13.9. The number of aryl methyl sites for hydroxylation is 2. The molecule has 0 fully saturated rings. The third-order valence-electron chi connectivity index (χ3n) is 2.90. The van der Waals surface area contributed by atoms with Crippen LogP contribution in [0, 0.1) is 13.8 Å². The summed E-state index contributed by atoms with van der Waals surface area (Å²) >= 11 is 0. The van der Waals surface area contributed by atoms with E-state index in [0.717, 1.165) is 17.0 Å². The Hall–Kier alpha value is -2.30. The van der Waals surface area contributed by atoms with Crippen LogP contribution in [-0.2, 0) is 6.54 Å². The van der Waals surface area contributed by atoms with Crippen LogP contribution in [0.2, 0.25) is 0 Å². The highest BCUT2D eigenvalue weighted by molar-refractivity contribution is 5.95. The van der Waals surface area contributed by atoms with Crippen LogP contribution < -0.4 is 5.73 Å². The van der Waals surface area contributed by atoms with Crippen LogP contribution in [0.25, 0.3) is 0 Å². The SMILES string of the molecule is Cc1cc(CN(C)C(=O)c2ccc(N)cc2C)no1. The number of hydrogen-bond donors (Lipinski definition) is 1. The summed E-state index contributed by atoms with van der Waals surface area (Å²) < 4.78 is 4.99. The number of carbonyl (C=O) groups excluding carboxylic acids is 1. The predicted octanol–water partition coefficient (Wildman–Crippen LogP) is 2.15. The molecule has 0 bridgehead atoms. The first-order valence-electron chi connectivity index (χ1n) is 6.01. The Morgan fingerprint density at radius 1 is 1.37 bits per heavy atom. The van der Waals surface area contributed by atoms with Crippen molar-refractivity contribution in [3.8, 4) is 0 Å². The molecule has 0 radical (unpaired) electrons. The Balaban J connectivity index is 2.14. The first-order chi connectivity index (χ1) is 8.97. The molecule has 5 heteroatoms. The molecule has 0 unspecified atom stereocenters. The van der Waals surface area contributed by atoms with E-state index in [1.165, 1.54) is 0 Å². The number of nitrogens with two attached hydrogens (primary N) is 1. The van der Waals surface area contributed by atoms with Crippen molar-refractivity contribution in [3.05, 3.63) is 46.8 Å². The zero-order valence-electron chi connectivity index (χ0n) is 11.3. The van der Waals surface area contributed by atoms with Gasteiger partial charge in [-0.25, -0.2) is 0 Å². The Morgan fingerprint density at radius 2 is 2.11 bits per heavy atom. The number of anilines is 1. The van der Waals surface area contributed by atoms with Gasteiger partial charge in [-0.2, -0.15) is 0 Å². The van der Waals surface area contributed by atoms with E-state index in [4.69, 9.17) is 10.3 Å². The van der Waals surface area contributed by atoms with E-state index < -0.39 is 0 Å². The summed E-state index contributed by atoms with van der Waals surface area (Å²) in [5, 5.41) is 3.88. The number of rotatable bonds is 3. The normalized spacial score (nSPS) is 10.5. The molecular weight excluding hydrogens is 242 g/mol. The zero-order chi connectivity index (χ0) is 14.0. The fraction of sp³-hybridized carbons (Fsp3) is 0.286. The molecule has 5 nitrogen and oxygen atoms in total. The van der Waals surface area contributed by atoms with E-state index in [2.05, 4.69) is 5.16 Å². The predicted molar refractivity (Wildman–Crippen MR) is 72.6 cm³/mol. The molecule has 1 amide bonds. The fourth-order valence-electron chi connectivity index (χ4n) is 1.94. The lowest BCUT2D eigenvalue weighted by Crippen LogP contribution is -2.27. The molecule has 1 aromatic carbocycles. The first-order valence-corrected chi connectivity index (χ1v) is 6.01. The number of benzene rings is 1. The van der Waals surface area contributed by atoms with Gasteiger partial charge in [0.05, 0.1) is 6.54 Å². The van der Waals surface area contributed by atoms with E-state index in [-0.39, 0.29) is 5.91 Å². The first kappa shape index (κ1) is 13.1. The molecule has 0 saturated heterocycles. The second-order valence-corrected chi connectivity index (χ2v) is 4.66. The molecule has 2 aromatic rings. The molecule has 0 saturated carbocycles. The van der Waals surface area contributed by atoms with Crippen LogP contribution in [0.15, 0.2) is 28.8 Å².